The summed E-state index contributed by atoms with van der Waals surface area (Å²) in [6.45, 7) is 9.50. The average Bonchev–Trinajstić information content (AvgIpc) is 2.05. The summed E-state index contributed by atoms with van der Waals surface area (Å²) in [6, 6.07) is 0. The van der Waals surface area contributed by atoms with Crippen LogP contribution in [0.5, 0.6) is 0 Å². The second-order valence-electron chi connectivity index (χ2n) is 4.26. The maximum absolute atomic E-state index is 5.52. The summed E-state index contributed by atoms with van der Waals surface area (Å²) in [4.78, 5) is 0. The molecular weight excluding hydrogens is 178 g/mol. The van der Waals surface area contributed by atoms with Crippen molar-refractivity contribution >= 4 is 10.5 Å². The third-order valence-electron chi connectivity index (χ3n) is 2.92. The van der Waals surface area contributed by atoms with Crippen molar-refractivity contribution in [1.29, 1.82) is 0 Å². The van der Waals surface area contributed by atoms with E-state index in [9.17, 15) is 0 Å². The van der Waals surface area contributed by atoms with E-state index >= 15 is 0 Å². The topological polar surface area (TPSA) is 35.2 Å². The summed E-state index contributed by atoms with van der Waals surface area (Å²) >= 11 is 0. The van der Waals surface area contributed by atoms with Gasteiger partial charge < -0.3 is 10.2 Å². The van der Waals surface area contributed by atoms with Crippen LogP contribution in [0, 0.1) is 11.8 Å². The van der Waals surface area contributed by atoms with Gasteiger partial charge in [-0.25, -0.2) is 0 Å². The van der Waals surface area contributed by atoms with E-state index in [-0.39, 0.29) is 5.60 Å². The number of nitrogens with two attached hydrogens (primary N) is 1. The van der Waals surface area contributed by atoms with E-state index in [2.05, 4.69) is 38.2 Å². The van der Waals surface area contributed by atoms with E-state index in [1.807, 2.05) is 0 Å². The first-order valence-corrected chi connectivity index (χ1v) is 5.47. The monoisotopic (exact) mass is 200 g/mol. The summed E-state index contributed by atoms with van der Waals surface area (Å²) in [5.74, 6) is 0.994. The van der Waals surface area contributed by atoms with Gasteiger partial charge in [-0.2, -0.15) is 0 Å². The van der Waals surface area contributed by atoms with Crippen LogP contribution in [0.1, 0.15) is 40.5 Å². The van der Waals surface area contributed by atoms with Crippen LogP contribution < -0.4 is 5.73 Å². The summed E-state index contributed by atoms with van der Waals surface area (Å²) in [6.07, 6.45) is 2.03. The smallest absolute Gasteiger partial charge is 0.247 e. The lowest BCUT2D eigenvalue weighted by molar-refractivity contribution is -0.0234. The molecule has 77 valence electrons. The minimum absolute atomic E-state index is 0.0732. The molecule has 0 atom stereocenters. The van der Waals surface area contributed by atoms with E-state index in [0.29, 0.717) is 11.8 Å². The third-order valence-corrected chi connectivity index (χ3v) is 3.30. The fraction of sp³-hybridized carbons (Fsp3) is 1.00. The third kappa shape index (κ3) is 3.08. The molecule has 0 heterocycles. The molecule has 0 amide bonds. The Hall–Kier alpha value is 0.137. The van der Waals surface area contributed by atoms with Crippen molar-refractivity contribution in [3.8, 4) is 0 Å². The van der Waals surface area contributed by atoms with Crippen molar-refractivity contribution in [1.82, 2.24) is 0 Å². The molecule has 0 saturated carbocycles. The van der Waals surface area contributed by atoms with Gasteiger partial charge in [0.1, 0.15) is 0 Å². The van der Waals surface area contributed by atoms with Crippen LogP contribution >= 0.6 is 0 Å². The SMILES string of the molecule is CC(C)C(CCCN)(O[Si])C(C)C. The molecule has 0 rings (SSSR count). The molecule has 0 bridgehead atoms. The van der Waals surface area contributed by atoms with Crippen LogP contribution in [0.4, 0.5) is 0 Å². The number of hydrogen-bond donors (Lipinski definition) is 1. The molecule has 0 unspecified atom stereocenters. The highest BCUT2D eigenvalue weighted by Crippen LogP contribution is 2.33. The van der Waals surface area contributed by atoms with E-state index in [1.54, 1.807) is 0 Å². The zero-order valence-electron chi connectivity index (χ0n) is 9.26. The largest absolute Gasteiger partial charge is 0.413 e. The van der Waals surface area contributed by atoms with Gasteiger partial charge in [0.25, 0.3) is 0 Å². The molecule has 3 heteroatoms. The van der Waals surface area contributed by atoms with Gasteiger partial charge in [0.05, 0.1) is 5.60 Å². The summed E-state index contributed by atoms with van der Waals surface area (Å²) in [5.41, 5.74) is 5.45. The summed E-state index contributed by atoms with van der Waals surface area (Å²) < 4.78 is 5.51. The van der Waals surface area contributed by atoms with E-state index in [4.69, 9.17) is 10.2 Å². The molecule has 2 N–H and O–H groups in total. The summed E-state index contributed by atoms with van der Waals surface area (Å²) in [7, 11) is 3.21. The molecule has 0 fully saturated rings. The van der Waals surface area contributed by atoms with Crippen molar-refractivity contribution < 1.29 is 4.43 Å². The first-order chi connectivity index (χ1) is 6.01. The second kappa shape index (κ2) is 5.78. The van der Waals surface area contributed by atoms with Crippen LogP contribution in [-0.4, -0.2) is 22.6 Å². The first-order valence-electron chi connectivity index (χ1n) is 5.06. The van der Waals surface area contributed by atoms with Gasteiger partial charge in [-0.05, 0) is 31.2 Å². The van der Waals surface area contributed by atoms with Crippen LogP contribution in [0.3, 0.4) is 0 Å². The van der Waals surface area contributed by atoms with Gasteiger partial charge >= 0.3 is 0 Å². The van der Waals surface area contributed by atoms with Crippen LogP contribution in [0.2, 0.25) is 0 Å². The maximum Gasteiger partial charge on any atom is 0.247 e. The van der Waals surface area contributed by atoms with Crippen molar-refractivity contribution in [3.05, 3.63) is 0 Å². The van der Waals surface area contributed by atoms with E-state index in [1.165, 1.54) is 0 Å². The fourth-order valence-corrected chi connectivity index (χ4v) is 2.48. The van der Waals surface area contributed by atoms with Crippen molar-refractivity contribution in [2.75, 3.05) is 6.54 Å². The molecule has 13 heavy (non-hydrogen) atoms. The Morgan fingerprint density at radius 1 is 1.23 bits per heavy atom. The molecule has 0 saturated heterocycles. The van der Waals surface area contributed by atoms with Crippen LogP contribution in [0.15, 0.2) is 0 Å². The van der Waals surface area contributed by atoms with Gasteiger partial charge in [0.15, 0.2) is 0 Å². The minimum atomic E-state index is -0.0732. The Balaban J connectivity index is 4.45. The zero-order chi connectivity index (χ0) is 10.5. The zero-order valence-corrected chi connectivity index (χ0v) is 10.3. The van der Waals surface area contributed by atoms with Gasteiger partial charge in [-0.1, -0.05) is 27.7 Å². The molecule has 0 aromatic rings. The number of hydrogen-bond acceptors (Lipinski definition) is 2. The highest BCUT2D eigenvalue weighted by atomic mass is 28.2. The Kier molecular flexibility index (Phi) is 5.84. The lowest BCUT2D eigenvalue weighted by atomic mass is 9.77. The molecule has 0 aromatic carbocycles. The maximum atomic E-state index is 5.52. The minimum Gasteiger partial charge on any atom is -0.413 e. The van der Waals surface area contributed by atoms with Gasteiger partial charge in [0.2, 0.25) is 10.5 Å². The highest BCUT2D eigenvalue weighted by molar-refractivity contribution is 5.98. The molecule has 0 aliphatic rings. The molecule has 2 nitrogen and oxygen atoms in total. The molecule has 0 aliphatic carbocycles. The van der Waals surface area contributed by atoms with Gasteiger partial charge in [0, 0.05) is 0 Å². The number of rotatable bonds is 6. The van der Waals surface area contributed by atoms with E-state index in [0.717, 1.165) is 19.4 Å². The molecule has 0 aromatic heterocycles. The van der Waals surface area contributed by atoms with Gasteiger partial charge in [-0.3, -0.25) is 0 Å². The normalized spacial score (nSPS) is 12.9. The highest BCUT2D eigenvalue weighted by Gasteiger charge is 2.35. The lowest BCUT2D eigenvalue weighted by Crippen LogP contribution is -2.43. The molecule has 0 spiro atoms. The Labute approximate surface area is 85.8 Å². The molecule has 0 aliphatic heterocycles. The predicted molar refractivity (Wildman–Crippen MR) is 57.5 cm³/mol. The van der Waals surface area contributed by atoms with Crippen LogP contribution in [-0.2, 0) is 4.43 Å². The van der Waals surface area contributed by atoms with Crippen molar-refractivity contribution in [2.45, 2.75) is 46.1 Å². The first kappa shape index (κ1) is 13.1. The Bertz CT molecular complexity index is 129. The predicted octanol–water partition coefficient (Wildman–Crippen LogP) is 1.88. The van der Waals surface area contributed by atoms with E-state index < -0.39 is 0 Å². The Morgan fingerprint density at radius 2 is 1.69 bits per heavy atom. The average molecular weight is 200 g/mol. The lowest BCUT2D eigenvalue weighted by Gasteiger charge is -2.40. The standard InChI is InChI=1S/C10H22NOSi/c1-8(2)10(12-13,9(3)4)6-5-7-11/h8-9H,5-7,11H2,1-4H3. The van der Waals surface area contributed by atoms with Crippen molar-refractivity contribution in [3.63, 3.8) is 0 Å². The quantitative estimate of drug-likeness (QED) is 0.664. The molecular formula is C10H22NOSi. The van der Waals surface area contributed by atoms with Crippen LogP contribution in [0.25, 0.3) is 0 Å². The molecule has 3 radical (unpaired) electrons. The van der Waals surface area contributed by atoms with Gasteiger partial charge in [-0.15, -0.1) is 0 Å². The fourth-order valence-electron chi connectivity index (χ4n) is 1.91. The summed E-state index contributed by atoms with van der Waals surface area (Å²) in [5, 5.41) is 0. The Morgan fingerprint density at radius 3 is 1.92 bits per heavy atom. The van der Waals surface area contributed by atoms with Crippen molar-refractivity contribution in [2.24, 2.45) is 17.6 Å². The second-order valence-corrected chi connectivity index (χ2v) is 4.46.